The number of benzene rings is 1. The Hall–Kier alpha value is -2.89. The van der Waals surface area contributed by atoms with Crippen molar-refractivity contribution in [3.63, 3.8) is 0 Å². The normalized spacial score (nSPS) is 10.5. The molecule has 6 heteroatoms. The van der Waals surface area contributed by atoms with Crippen molar-refractivity contribution >= 4 is 6.01 Å². The lowest BCUT2D eigenvalue weighted by Crippen LogP contribution is -2.02. The summed E-state index contributed by atoms with van der Waals surface area (Å²) in [6.07, 6.45) is 0. The van der Waals surface area contributed by atoms with Crippen molar-refractivity contribution in [1.29, 1.82) is 0 Å². The molecule has 0 aliphatic heterocycles. The van der Waals surface area contributed by atoms with Crippen molar-refractivity contribution in [2.75, 3.05) is 12.4 Å². The molecule has 0 saturated heterocycles. The number of hydrogen-bond donors (Lipinski definition) is 1. The predicted molar refractivity (Wildman–Crippen MR) is 82.6 cm³/mol. The van der Waals surface area contributed by atoms with Gasteiger partial charge in [-0.2, -0.15) is 4.98 Å². The molecule has 0 radical (unpaired) electrons. The summed E-state index contributed by atoms with van der Waals surface area (Å²) < 4.78 is 10.4. The van der Waals surface area contributed by atoms with Gasteiger partial charge < -0.3 is 14.6 Å². The molecule has 6 nitrogen and oxygen atoms in total. The topological polar surface area (TPSA) is 73.1 Å². The van der Waals surface area contributed by atoms with Crippen LogP contribution in [0, 0.1) is 6.92 Å². The average Bonchev–Trinajstić information content (AvgIpc) is 3.02. The molecule has 0 bridgehead atoms. The zero-order chi connectivity index (χ0) is 15.4. The van der Waals surface area contributed by atoms with Gasteiger partial charge in [0.25, 0.3) is 0 Å². The highest BCUT2D eigenvalue weighted by Crippen LogP contribution is 2.22. The van der Waals surface area contributed by atoms with E-state index in [0.717, 1.165) is 22.7 Å². The average molecular weight is 296 g/mol. The molecular formula is C16H16N4O2. The van der Waals surface area contributed by atoms with Crippen LogP contribution in [0.3, 0.4) is 0 Å². The first kappa shape index (κ1) is 14.1. The van der Waals surface area contributed by atoms with Crippen molar-refractivity contribution < 1.29 is 9.26 Å². The minimum Gasteiger partial charge on any atom is -0.497 e. The van der Waals surface area contributed by atoms with Crippen LogP contribution in [0.15, 0.2) is 47.0 Å². The maximum atomic E-state index is 5.20. The lowest BCUT2D eigenvalue weighted by atomic mass is 10.2. The monoisotopic (exact) mass is 296 g/mol. The Balaban J connectivity index is 1.71. The lowest BCUT2D eigenvalue weighted by molar-refractivity contribution is 0.414. The van der Waals surface area contributed by atoms with E-state index in [2.05, 4.69) is 20.4 Å². The molecule has 0 amide bonds. The smallest absolute Gasteiger partial charge is 0.322 e. The van der Waals surface area contributed by atoms with Crippen LogP contribution in [0.25, 0.3) is 11.4 Å². The van der Waals surface area contributed by atoms with Crippen molar-refractivity contribution in [1.82, 2.24) is 15.1 Å². The molecule has 3 rings (SSSR count). The van der Waals surface area contributed by atoms with E-state index in [4.69, 9.17) is 9.26 Å². The Morgan fingerprint density at radius 1 is 1.14 bits per heavy atom. The van der Waals surface area contributed by atoms with Gasteiger partial charge in [-0.25, -0.2) is 0 Å². The molecule has 0 saturated carbocycles. The van der Waals surface area contributed by atoms with Crippen LogP contribution >= 0.6 is 0 Å². The standard InChI is InChI=1S/C16H16N4O2/c1-11-5-3-7-13(18-11)10-17-16-19-15(20-22-16)12-6-4-8-14(9-12)21-2/h3-9H,10H2,1-2H3,(H,17,19,20). The quantitative estimate of drug-likeness (QED) is 0.780. The minimum absolute atomic E-state index is 0.362. The zero-order valence-electron chi connectivity index (χ0n) is 12.4. The predicted octanol–water partition coefficient (Wildman–Crippen LogP) is 3.06. The molecule has 1 N–H and O–H groups in total. The van der Waals surface area contributed by atoms with Crippen molar-refractivity contribution in [3.8, 4) is 17.1 Å². The van der Waals surface area contributed by atoms with Gasteiger partial charge in [0.15, 0.2) is 0 Å². The van der Waals surface area contributed by atoms with E-state index < -0.39 is 0 Å². The van der Waals surface area contributed by atoms with Gasteiger partial charge in [-0.15, -0.1) is 0 Å². The first-order valence-electron chi connectivity index (χ1n) is 6.89. The highest BCUT2D eigenvalue weighted by Gasteiger charge is 2.09. The van der Waals surface area contributed by atoms with E-state index in [-0.39, 0.29) is 0 Å². The summed E-state index contributed by atoms with van der Waals surface area (Å²) in [5.41, 5.74) is 2.73. The highest BCUT2D eigenvalue weighted by atomic mass is 16.5. The zero-order valence-corrected chi connectivity index (χ0v) is 12.4. The first-order chi connectivity index (χ1) is 10.7. The number of ether oxygens (including phenoxy) is 1. The summed E-state index contributed by atoms with van der Waals surface area (Å²) in [5.74, 6) is 1.26. The largest absolute Gasteiger partial charge is 0.497 e. The van der Waals surface area contributed by atoms with Crippen LogP contribution in [-0.4, -0.2) is 22.2 Å². The van der Waals surface area contributed by atoms with Crippen LogP contribution in [0.4, 0.5) is 6.01 Å². The Bertz CT molecular complexity index is 770. The van der Waals surface area contributed by atoms with Gasteiger partial charge in [0.1, 0.15) is 5.75 Å². The van der Waals surface area contributed by atoms with Crippen LogP contribution in [0.1, 0.15) is 11.4 Å². The third kappa shape index (κ3) is 3.22. The summed E-state index contributed by atoms with van der Waals surface area (Å²) >= 11 is 0. The molecule has 0 aliphatic carbocycles. The molecule has 0 atom stereocenters. The Morgan fingerprint density at radius 3 is 2.82 bits per heavy atom. The van der Waals surface area contributed by atoms with E-state index >= 15 is 0 Å². The summed E-state index contributed by atoms with van der Waals surface area (Å²) in [4.78, 5) is 8.73. The Morgan fingerprint density at radius 2 is 2.00 bits per heavy atom. The number of nitrogens with one attached hydrogen (secondary N) is 1. The van der Waals surface area contributed by atoms with Crippen molar-refractivity contribution in [3.05, 3.63) is 53.9 Å². The molecule has 0 aliphatic rings. The van der Waals surface area contributed by atoms with E-state index in [1.54, 1.807) is 7.11 Å². The van der Waals surface area contributed by atoms with E-state index in [1.165, 1.54) is 0 Å². The summed E-state index contributed by atoms with van der Waals surface area (Å²) in [7, 11) is 1.62. The second-order valence-electron chi connectivity index (χ2n) is 4.78. The first-order valence-corrected chi connectivity index (χ1v) is 6.89. The van der Waals surface area contributed by atoms with E-state index in [1.807, 2.05) is 49.4 Å². The summed E-state index contributed by atoms with van der Waals surface area (Å²) in [6, 6.07) is 13.7. The lowest BCUT2D eigenvalue weighted by Gasteiger charge is -2.01. The van der Waals surface area contributed by atoms with E-state index in [0.29, 0.717) is 18.4 Å². The summed E-state index contributed by atoms with van der Waals surface area (Å²) in [5, 5.41) is 7.04. The van der Waals surface area contributed by atoms with Gasteiger partial charge >= 0.3 is 6.01 Å². The van der Waals surface area contributed by atoms with Crippen LogP contribution in [-0.2, 0) is 6.54 Å². The second kappa shape index (κ2) is 6.26. The number of aromatic nitrogens is 3. The van der Waals surface area contributed by atoms with Gasteiger partial charge in [-0.3, -0.25) is 4.98 Å². The number of nitrogens with zero attached hydrogens (tertiary/aromatic N) is 3. The van der Waals surface area contributed by atoms with Gasteiger partial charge in [0.2, 0.25) is 5.82 Å². The van der Waals surface area contributed by atoms with E-state index in [9.17, 15) is 0 Å². The molecule has 1 aromatic carbocycles. The van der Waals surface area contributed by atoms with Crippen LogP contribution in [0.5, 0.6) is 5.75 Å². The van der Waals surface area contributed by atoms with Gasteiger partial charge in [0, 0.05) is 11.3 Å². The Labute approximate surface area is 128 Å². The molecule has 112 valence electrons. The molecule has 22 heavy (non-hydrogen) atoms. The highest BCUT2D eigenvalue weighted by molar-refractivity contribution is 5.57. The third-order valence-electron chi connectivity index (χ3n) is 3.12. The maximum Gasteiger partial charge on any atom is 0.322 e. The molecular weight excluding hydrogens is 280 g/mol. The van der Waals surface area contributed by atoms with Crippen LogP contribution < -0.4 is 10.1 Å². The number of anilines is 1. The number of aryl methyl sites for hydroxylation is 1. The fourth-order valence-corrected chi connectivity index (χ4v) is 2.04. The number of pyridine rings is 1. The molecule has 2 heterocycles. The Kier molecular flexibility index (Phi) is 4.00. The van der Waals surface area contributed by atoms with Crippen molar-refractivity contribution in [2.24, 2.45) is 0 Å². The molecule has 0 fully saturated rings. The number of methoxy groups -OCH3 is 1. The number of hydrogen-bond acceptors (Lipinski definition) is 6. The number of rotatable bonds is 5. The molecule has 0 spiro atoms. The van der Waals surface area contributed by atoms with Gasteiger partial charge in [-0.05, 0) is 31.2 Å². The fourth-order valence-electron chi connectivity index (χ4n) is 2.04. The SMILES string of the molecule is COc1cccc(-c2noc(NCc3cccc(C)n3)n2)c1. The second-order valence-corrected chi connectivity index (χ2v) is 4.78. The fraction of sp³-hybridized carbons (Fsp3) is 0.188. The van der Waals surface area contributed by atoms with Crippen LogP contribution in [0.2, 0.25) is 0 Å². The maximum absolute atomic E-state index is 5.20. The molecule has 0 unspecified atom stereocenters. The third-order valence-corrected chi connectivity index (χ3v) is 3.12. The summed E-state index contributed by atoms with van der Waals surface area (Å²) in [6.45, 7) is 2.48. The van der Waals surface area contributed by atoms with Gasteiger partial charge in [0.05, 0.1) is 19.3 Å². The molecule has 2 aromatic heterocycles. The van der Waals surface area contributed by atoms with Crippen molar-refractivity contribution in [2.45, 2.75) is 13.5 Å². The van der Waals surface area contributed by atoms with Gasteiger partial charge in [-0.1, -0.05) is 23.4 Å². The molecule has 3 aromatic rings. The minimum atomic E-state index is 0.362.